The summed E-state index contributed by atoms with van der Waals surface area (Å²) >= 11 is 0. The van der Waals surface area contributed by atoms with E-state index in [4.69, 9.17) is 18.9 Å². The van der Waals surface area contributed by atoms with Crippen molar-refractivity contribution in [1.29, 1.82) is 0 Å². The lowest BCUT2D eigenvalue weighted by molar-refractivity contribution is -0.379. The van der Waals surface area contributed by atoms with Crippen LogP contribution in [0.1, 0.15) is 107 Å². The van der Waals surface area contributed by atoms with E-state index >= 15 is 0 Å². The molecule has 5 unspecified atom stereocenters. The smallest absolute Gasteiger partial charge is 0.187 e. The van der Waals surface area contributed by atoms with Gasteiger partial charge in [0.1, 0.15) is 42.7 Å². The molecule has 0 radical (unpaired) electrons. The second-order valence-electron chi connectivity index (χ2n) is 19.0. The van der Waals surface area contributed by atoms with Gasteiger partial charge >= 0.3 is 0 Å². The molecule has 0 aromatic carbocycles. The van der Waals surface area contributed by atoms with E-state index in [0.717, 1.165) is 25.7 Å². The van der Waals surface area contributed by atoms with Crippen molar-refractivity contribution in [2.75, 3.05) is 6.61 Å². The van der Waals surface area contributed by atoms with E-state index in [1.54, 1.807) is 0 Å². The molecule has 12 nitrogen and oxygen atoms in total. The molecular formula is C42H70O12. The zero-order chi connectivity index (χ0) is 39.7. The van der Waals surface area contributed by atoms with Gasteiger partial charge in [-0.15, -0.1) is 0 Å². The Balaban J connectivity index is 1.37. The molecule has 21 atom stereocenters. The van der Waals surface area contributed by atoms with Crippen molar-refractivity contribution < 1.29 is 59.8 Å². The van der Waals surface area contributed by atoms with Gasteiger partial charge in [-0.25, -0.2) is 0 Å². The zero-order valence-corrected chi connectivity index (χ0v) is 33.6. The molecule has 2 heterocycles. The number of ether oxygens (including phenoxy) is 4. The fourth-order valence-corrected chi connectivity index (χ4v) is 12.6. The van der Waals surface area contributed by atoms with Gasteiger partial charge in [0, 0.05) is 0 Å². The van der Waals surface area contributed by atoms with Gasteiger partial charge in [-0.1, -0.05) is 51.0 Å². The number of aliphatic hydroxyl groups excluding tert-OH is 8. The number of fused-ring (bicyclic) bond motifs is 5. The number of hydrogen-bond acceptors (Lipinski definition) is 12. The van der Waals surface area contributed by atoms with Crippen LogP contribution in [0.3, 0.4) is 0 Å². The van der Waals surface area contributed by atoms with Crippen LogP contribution in [0.4, 0.5) is 0 Å². The lowest BCUT2D eigenvalue weighted by Gasteiger charge is -2.68. The minimum atomic E-state index is -1.67. The van der Waals surface area contributed by atoms with Crippen molar-refractivity contribution in [2.45, 2.75) is 186 Å². The summed E-state index contributed by atoms with van der Waals surface area (Å²) < 4.78 is 25.2. The first-order chi connectivity index (χ1) is 25.3. The van der Waals surface area contributed by atoms with E-state index in [1.807, 2.05) is 0 Å². The molecule has 6 fully saturated rings. The second-order valence-corrected chi connectivity index (χ2v) is 19.0. The second kappa shape index (κ2) is 16.0. The van der Waals surface area contributed by atoms with Crippen LogP contribution in [0.2, 0.25) is 0 Å². The molecule has 0 spiro atoms. The standard InChI is InChI=1S/C42H70O12/c1-9-40(6)29(45)14-16-42(8)24-17-26(44)30-23(21(4)12-10-11-20(2)3)13-15-41(30,7)25(24)18-27(37(40)42)52-39-36(34(49)32(47)28(19-43)53-39)54-38-35(50)33(48)31(46)22(5)51-38/h11-12,22-39,43-50H,9-10,13-19H2,1-8H3/t22-,23+,24?,25?,26-,27+,28+,29?,30+,31-,32+,33+,34-,35+,36+,37?,38-,39+,40?,41+,42+/m0/s1. The van der Waals surface area contributed by atoms with Crippen LogP contribution in [0.5, 0.6) is 0 Å². The van der Waals surface area contributed by atoms with Gasteiger partial charge in [0.05, 0.1) is 31.0 Å². The van der Waals surface area contributed by atoms with Gasteiger partial charge in [0.2, 0.25) is 0 Å². The molecule has 8 N–H and O–H groups in total. The van der Waals surface area contributed by atoms with Crippen LogP contribution in [-0.2, 0) is 18.9 Å². The predicted octanol–water partition coefficient (Wildman–Crippen LogP) is 2.95. The van der Waals surface area contributed by atoms with Crippen LogP contribution in [-0.4, -0.2) is 127 Å². The molecule has 0 aromatic heterocycles. The maximum Gasteiger partial charge on any atom is 0.187 e. The molecule has 0 bridgehead atoms. The van der Waals surface area contributed by atoms with Gasteiger partial charge in [-0.3, -0.25) is 0 Å². The average molecular weight is 767 g/mol. The SMILES string of the molecule is CCC1(C)C(O)CC[C@]2(C)C3C[C@H](O)[C@H]4[C@@H](C(C)=CCC=C(C)C)CC[C@]4(C)C3C[C@@H](O[C@@H]3O[C@H](CO)[C@@H](O)[C@H](O)[C@H]3O[C@@H]3O[C@@H](C)[C@H](O)[C@@H](O)[C@H]3O)C12. The van der Waals surface area contributed by atoms with Crippen molar-refractivity contribution in [2.24, 2.45) is 45.8 Å². The minimum Gasteiger partial charge on any atom is -0.394 e. The maximum absolute atomic E-state index is 12.2. The van der Waals surface area contributed by atoms with Crippen molar-refractivity contribution in [3.63, 3.8) is 0 Å². The van der Waals surface area contributed by atoms with E-state index in [-0.39, 0.29) is 40.4 Å². The van der Waals surface area contributed by atoms with Crippen molar-refractivity contribution in [3.05, 3.63) is 23.3 Å². The molecule has 12 heteroatoms. The van der Waals surface area contributed by atoms with Crippen LogP contribution in [0, 0.1) is 45.8 Å². The Hall–Kier alpha value is -1.00. The molecule has 0 aromatic rings. The molecule has 0 amide bonds. The molecule has 4 aliphatic carbocycles. The zero-order valence-electron chi connectivity index (χ0n) is 33.6. The largest absolute Gasteiger partial charge is 0.394 e. The highest BCUT2D eigenvalue weighted by atomic mass is 16.8. The van der Waals surface area contributed by atoms with E-state index in [1.165, 1.54) is 18.1 Å². The summed E-state index contributed by atoms with van der Waals surface area (Å²) in [6.45, 7) is 16.2. The monoisotopic (exact) mass is 766 g/mol. The van der Waals surface area contributed by atoms with Gasteiger partial charge in [0.25, 0.3) is 0 Å². The third-order valence-corrected chi connectivity index (χ3v) is 15.8. The third kappa shape index (κ3) is 7.10. The number of aliphatic hydroxyl groups is 8. The van der Waals surface area contributed by atoms with Crippen LogP contribution < -0.4 is 0 Å². The van der Waals surface area contributed by atoms with Gasteiger partial charge in [-0.05, 0) is 125 Å². The number of hydrogen-bond donors (Lipinski definition) is 8. The summed E-state index contributed by atoms with van der Waals surface area (Å²) in [5.74, 6) is 0.473. The first-order valence-corrected chi connectivity index (χ1v) is 20.6. The Morgan fingerprint density at radius 2 is 1.43 bits per heavy atom. The Labute approximate surface area is 321 Å². The van der Waals surface area contributed by atoms with Crippen molar-refractivity contribution >= 4 is 0 Å². The molecule has 4 saturated carbocycles. The lowest BCUT2D eigenvalue weighted by Crippen LogP contribution is -2.68. The van der Waals surface area contributed by atoms with Gasteiger partial charge < -0.3 is 59.8 Å². The van der Waals surface area contributed by atoms with E-state index in [0.29, 0.717) is 25.7 Å². The maximum atomic E-state index is 12.2. The minimum absolute atomic E-state index is 0.0701. The molecule has 310 valence electrons. The summed E-state index contributed by atoms with van der Waals surface area (Å²) in [5.41, 5.74) is 1.50. The van der Waals surface area contributed by atoms with E-state index in [9.17, 15) is 40.9 Å². The van der Waals surface area contributed by atoms with Crippen LogP contribution >= 0.6 is 0 Å². The highest BCUT2D eigenvalue weighted by Crippen LogP contribution is 2.71. The summed E-state index contributed by atoms with van der Waals surface area (Å²) in [5, 5.41) is 88.3. The van der Waals surface area contributed by atoms with Crippen LogP contribution in [0.25, 0.3) is 0 Å². The quantitative estimate of drug-likeness (QED) is 0.126. The number of rotatable bonds is 9. The fourth-order valence-electron chi connectivity index (χ4n) is 12.6. The first kappa shape index (κ1) is 42.6. The highest BCUT2D eigenvalue weighted by Gasteiger charge is 2.69. The summed E-state index contributed by atoms with van der Waals surface area (Å²) in [6.07, 6.45) is -5.05. The van der Waals surface area contributed by atoms with E-state index in [2.05, 4.69) is 60.6 Å². The highest BCUT2D eigenvalue weighted by molar-refractivity contribution is 5.21. The van der Waals surface area contributed by atoms with Gasteiger partial charge in [0.15, 0.2) is 12.6 Å². The molecule has 2 aliphatic heterocycles. The molecule has 2 saturated heterocycles. The Morgan fingerprint density at radius 3 is 2.07 bits per heavy atom. The Bertz CT molecular complexity index is 1370. The molecular weight excluding hydrogens is 696 g/mol. The summed E-state index contributed by atoms with van der Waals surface area (Å²) in [7, 11) is 0. The fraction of sp³-hybridized carbons (Fsp3) is 0.905. The predicted molar refractivity (Wildman–Crippen MR) is 199 cm³/mol. The Morgan fingerprint density at radius 1 is 0.759 bits per heavy atom. The number of allylic oxidation sites excluding steroid dienone is 4. The lowest BCUT2D eigenvalue weighted by atomic mass is 9.38. The van der Waals surface area contributed by atoms with Crippen LogP contribution in [0.15, 0.2) is 23.3 Å². The summed E-state index contributed by atoms with van der Waals surface area (Å²) in [6, 6.07) is 0. The summed E-state index contributed by atoms with van der Waals surface area (Å²) in [4.78, 5) is 0. The van der Waals surface area contributed by atoms with Crippen molar-refractivity contribution in [1.82, 2.24) is 0 Å². The van der Waals surface area contributed by atoms with Crippen molar-refractivity contribution in [3.8, 4) is 0 Å². The third-order valence-electron chi connectivity index (χ3n) is 15.8. The van der Waals surface area contributed by atoms with E-state index < -0.39 is 91.7 Å². The molecule has 6 aliphatic rings. The average Bonchev–Trinajstić information content (AvgIpc) is 3.50. The first-order valence-electron chi connectivity index (χ1n) is 20.6. The topological polar surface area (TPSA) is 199 Å². The Kier molecular flexibility index (Phi) is 12.6. The molecule has 6 rings (SSSR count). The van der Waals surface area contributed by atoms with Gasteiger partial charge in [-0.2, -0.15) is 0 Å². The molecule has 54 heavy (non-hydrogen) atoms. The normalized spacial score (nSPS) is 53.7.